The molecule has 2 amide bonds. The molecule has 0 aliphatic heterocycles. The van der Waals surface area contributed by atoms with Gasteiger partial charge in [0, 0.05) is 25.7 Å². The summed E-state index contributed by atoms with van der Waals surface area (Å²) in [7, 11) is 1.54. The van der Waals surface area contributed by atoms with Crippen molar-refractivity contribution in [1.82, 2.24) is 5.32 Å². The van der Waals surface area contributed by atoms with Crippen LogP contribution in [-0.4, -0.2) is 47.0 Å². The van der Waals surface area contributed by atoms with Gasteiger partial charge >= 0.3 is 12.0 Å². The van der Waals surface area contributed by atoms with Crippen molar-refractivity contribution < 1.29 is 24.9 Å². The normalized spacial score (nSPS) is 11.7. The van der Waals surface area contributed by atoms with E-state index in [1.54, 1.807) is 12.1 Å². The molecule has 0 aliphatic carbocycles. The van der Waals surface area contributed by atoms with E-state index in [1.807, 2.05) is 0 Å². The molecule has 19 heavy (non-hydrogen) atoms. The van der Waals surface area contributed by atoms with Gasteiger partial charge in [-0.25, -0.2) is 9.59 Å². The number of anilines is 1. The number of carboxylic acid groups (broad SMARTS) is 1. The molecule has 104 valence electrons. The Kier molecular flexibility index (Phi) is 5.13. The van der Waals surface area contributed by atoms with E-state index in [-0.39, 0.29) is 18.7 Å². The molecule has 1 rings (SSSR count). The minimum Gasteiger partial charge on any atom is -0.508 e. The van der Waals surface area contributed by atoms with Crippen LogP contribution in [0.4, 0.5) is 10.5 Å². The van der Waals surface area contributed by atoms with Gasteiger partial charge in [0.05, 0.1) is 0 Å². The molecule has 0 saturated heterocycles. The Hall–Kier alpha value is -2.28. The second-order valence-electron chi connectivity index (χ2n) is 3.95. The lowest BCUT2D eigenvalue weighted by atomic mass is 10.2. The lowest BCUT2D eigenvalue weighted by Crippen LogP contribution is -2.39. The number of urea groups is 1. The first-order valence-corrected chi connectivity index (χ1v) is 5.63. The topological polar surface area (TPSA) is 110 Å². The van der Waals surface area contributed by atoms with Gasteiger partial charge in [-0.15, -0.1) is 0 Å². The number of nitrogens with one attached hydrogen (secondary N) is 1. The highest BCUT2D eigenvalue weighted by molar-refractivity contribution is 5.91. The summed E-state index contributed by atoms with van der Waals surface area (Å²) in [4.78, 5) is 23.4. The van der Waals surface area contributed by atoms with Gasteiger partial charge in [-0.2, -0.15) is 0 Å². The fraction of sp³-hybridized carbons (Fsp3) is 0.333. The van der Waals surface area contributed by atoms with E-state index in [2.05, 4.69) is 5.32 Å². The zero-order valence-electron chi connectivity index (χ0n) is 10.4. The highest BCUT2D eigenvalue weighted by Gasteiger charge is 2.14. The Morgan fingerprint density at radius 2 is 1.89 bits per heavy atom. The number of aliphatic hydroxyl groups excluding tert-OH is 1. The zero-order valence-corrected chi connectivity index (χ0v) is 10.4. The average molecular weight is 268 g/mol. The number of hydrogen-bond acceptors (Lipinski definition) is 4. The lowest BCUT2D eigenvalue weighted by molar-refractivity contribution is -0.146. The van der Waals surface area contributed by atoms with Gasteiger partial charge in [-0.1, -0.05) is 0 Å². The number of aliphatic hydroxyl groups is 1. The third-order valence-corrected chi connectivity index (χ3v) is 2.52. The maximum absolute atomic E-state index is 11.7. The minimum absolute atomic E-state index is 0.0503. The molecule has 0 fully saturated rings. The van der Waals surface area contributed by atoms with Crippen molar-refractivity contribution in [2.45, 2.75) is 12.5 Å². The van der Waals surface area contributed by atoms with Gasteiger partial charge in [0.2, 0.25) is 0 Å². The molecule has 0 bridgehead atoms. The van der Waals surface area contributed by atoms with Crippen LogP contribution >= 0.6 is 0 Å². The molecule has 7 heteroatoms. The number of amides is 2. The molecule has 0 aliphatic rings. The molecular formula is C12H16N2O5. The number of carbonyl (C=O) groups excluding carboxylic acids is 1. The van der Waals surface area contributed by atoms with Gasteiger partial charge < -0.3 is 20.6 Å². The average Bonchev–Trinajstić information content (AvgIpc) is 2.38. The highest BCUT2D eigenvalue weighted by atomic mass is 16.4. The molecule has 1 aromatic carbocycles. The fourth-order valence-electron chi connectivity index (χ4n) is 1.35. The van der Waals surface area contributed by atoms with Crippen molar-refractivity contribution in [3.05, 3.63) is 24.3 Å². The second kappa shape index (κ2) is 6.60. The van der Waals surface area contributed by atoms with Crippen molar-refractivity contribution in [2.75, 3.05) is 18.5 Å². The summed E-state index contributed by atoms with van der Waals surface area (Å²) < 4.78 is 0. The summed E-state index contributed by atoms with van der Waals surface area (Å²) in [5.41, 5.74) is 0.578. The van der Waals surface area contributed by atoms with Crippen molar-refractivity contribution in [2.24, 2.45) is 0 Å². The summed E-state index contributed by atoms with van der Waals surface area (Å²) >= 11 is 0. The molecule has 0 aromatic heterocycles. The maximum Gasteiger partial charge on any atom is 0.332 e. The van der Waals surface area contributed by atoms with Gasteiger partial charge in [-0.3, -0.25) is 4.90 Å². The standard InChI is InChI=1S/C12H16N2O5/c1-14(8-2-4-9(15)5-3-8)12(19)13-7-6-10(16)11(17)18/h2-5,10,15-16H,6-7H2,1H3,(H,13,19)(H,17,18). The van der Waals surface area contributed by atoms with Crippen LogP contribution in [-0.2, 0) is 4.79 Å². The first-order valence-electron chi connectivity index (χ1n) is 5.63. The third-order valence-electron chi connectivity index (χ3n) is 2.52. The van der Waals surface area contributed by atoms with E-state index in [1.165, 1.54) is 24.1 Å². The van der Waals surface area contributed by atoms with E-state index in [0.717, 1.165) is 0 Å². The van der Waals surface area contributed by atoms with Gasteiger partial charge in [0.25, 0.3) is 0 Å². The summed E-state index contributed by atoms with van der Waals surface area (Å²) in [6, 6.07) is 5.62. The summed E-state index contributed by atoms with van der Waals surface area (Å²) in [6.45, 7) is 0.0503. The number of carboxylic acids is 1. The van der Waals surface area contributed by atoms with E-state index < -0.39 is 18.1 Å². The Labute approximate surface area is 110 Å². The lowest BCUT2D eigenvalue weighted by Gasteiger charge is -2.18. The van der Waals surface area contributed by atoms with Crippen LogP contribution < -0.4 is 10.2 Å². The van der Waals surface area contributed by atoms with Gasteiger partial charge in [0.15, 0.2) is 6.10 Å². The fourth-order valence-corrected chi connectivity index (χ4v) is 1.35. The smallest absolute Gasteiger partial charge is 0.332 e. The third kappa shape index (κ3) is 4.47. The Morgan fingerprint density at radius 1 is 1.32 bits per heavy atom. The quantitative estimate of drug-likeness (QED) is 0.617. The SMILES string of the molecule is CN(C(=O)NCCC(O)C(=O)O)c1ccc(O)cc1. The molecule has 1 aromatic rings. The largest absolute Gasteiger partial charge is 0.508 e. The predicted molar refractivity (Wildman–Crippen MR) is 68.2 cm³/mol. The van der Waals surface area contributed by atoms with E-state index in [0.29, 0.717) is 5.69 Å². The number of aliphatic carboxylic acids is 1. The predicted octanol–water partition coefficient (Wildman–Crippen LogP) is 0.374. The van der Waals surface area contributed by atoms with Crippen molar-refractivity contribution in [3.8, 4) is 5.75 Å². The monoisotopic (exact) mass is 268 g/mol. The Morgan fingerprint density at radius 3 is 2.42 bits per heavy atom. The van der Waals surface area contributed by atoms with Crippen LogP contribution in [0, 0.1) is 0 Å². The second-order valence-corrected chi connectivity index (χ2v) is 3.95. The van der Waals surface area contributed by atoms with E-state index >= 15 is 0 Å². The number of phenols is 1. The number of phenolic OH excluding ortho intramolecular Hbond substituents is 1. The van der Waals surface area contributed by atoms with Gasteiger partial charge in [0.1, 0.15) is 5.75 Å². The maximum atomic E-state index is 11.7. The van der Waals surface area contributed by atoms with Gasteiger partial charge in [-0.05, 0) is 24.3 Å². The molecule has 0 heterocycles. The van der Waals surface area contributed by atoms with Crippen LogP contribution in [0.1, 0.15) is 6.42 Å². The van der Waals surface area contributed by atoms with Crippen LogP contribution in [0.2, 0.25) is 0 Å². The van der Waals surface area contributed by atoms with Crippen LogP contribution in [0.3, 0.4) is 0 Å². The van der Waals surface area contributed by atoms with Crippen molar-refractivity contribution >= 4 is 17.7 Å². The van der Waals surface area contributed by atoms with Crippen molar-refractivity contribution in [1.29, 1.82) is 0 Å². The first-order chi connectivity index (χ1) is 8.91. The van der Waals surface area contributed by atoms with Crippen molar-refractivity contribution in [3.63, 3.8) is 0 Å². The van der Waals surface area contributed by atoms with Crippen LogP contribution in [0.15, 0.2) is 24.3 Å². The number of carbonyl (C=O) groups is 2. The summed E-state index contributed by atoms with van der Waals surface area (Å²) in [5.74, 6) is -1.22. The Balaban J connectivity index is 2.45. The summed E-state index contributed by atoms with van der Waals surface area (Å²) in [6.07, 6.45) is -1.55. The molecule has 1 atom stereocenters. The first kappa shape index (κ1) is 14.8. The van der Waals surface area contributed by atoms with E-state index in [9.17, 15) is 9.59 Å². The molecule has 0 spiro atoms. The molecule has 7 nitrogen and oxygen atoms in total. The number of aromatic hydroxyl groups is 1. The molecule has 4 N–H and O–H groups in total. The van der Waals surface area contributed by atoms with Crippen LogP contribution in [0.5, 0.6) is 5.75 Å². The minimum atomic E-state index is -1.49. The Bertz CT molecular complexity index is 446. The molecule has 0 radical (unpaired) electrons. The molecule has 1 unspecified atom stereocenters. The summed E-state index contributed by atoms with van der Waals surface area (Å²) in [5, 5.41) is 29.1. The number of nitrogens with zero attached hydrogens (tertiary/aromatic N) is 1. The zero-order chi connectivity index (χ0) is 14.4. The van der Waals surface area contributed by atoms with Crippen LogP contribution in [0.25, 0.3) is 0 Å². The number of benzene rings is 1. The molecular weight excluding hydrogens is 252 g/mol. The number of hydrogen-bond donors (Lipinski definition) is 4. The highest BCUT2D eigenvalue weighted by Crippen LogP contribution is 2.16. The molecule has 0 saturated carbocycles. The van der Waals surface area contributed by atoms with E-state index in [4.69, 9.17) is 15.3 Å². The number of rotatable bonds is 5.